The van der Waals surface area contributed by atoms with Gasteiger partial charge in [0.2, 0.25) is 0 Å². The molecular weight excluding hydrogens is 494 g/mol. The van der Waals surface area contributed by atoms with E-state index in [2.05, 4.69) is 84.3 Å². The summed E-state index contributed by atoms with van der Waals surface area (Å²) in [7, 11) is 0. The predicted octanol–water partition coefficient (Wildman–Crippen LogP) is 6.61. The Bertz CT molecular complexity index is 1710. The maximum atomic E-state index is 13.5. The van der Waals surface area contributed by atoms with Crippen molar-refractivity contribution in [3.8, 4) is 16.9 Å². The van der Waals surface area contributed by atoms with Crippen molar-refractivity contribution in [2.45, 2.75) is 19.0 Å². The normalized spacial score (nSPS) is 11.4. The molecule has 196 valence electrons. The van der Waals surface area contributed by atoms with Crippen molar-refractivity contribution < 1.29 is 5.11 Å². The van der Waals surface area contributed by atoms with Crippen LogP contribution in [0.5, 0.6) is 5.75 Å². The average molecular weight is 524 g/mol. The minimum Gasteiger partial charge on any atom is -0.507 e. The van der Waals surface area contributed by atoms with Gasteiger partial charge in [-0.05, 0) is 41.8 Å². The summed E-state index contributed by atoms with van der Waals surface area (Å²) in [6, 6.07) is 41.8. The first-order chi connectivity index (χ1) is 19.6. The molecular formula is C35H29N3O2. The summed E-state index contributed by atoms with van der Waals surface area (Å²) in [5.74, 6) is 0.0798. The van der Waals surface area contributed by atoms with Gasteiger partial charge in [0.05, 0.1) is 24.1 Å². The van der Waals surface area contributed by atoms with Crippen LogP contribution in [0.2, 0.25) is 0 Å². The van der Waals surface area contributed by atoms with E-state index in [0.717, 1.165) is 28.1 Å². The molecule has 0 aliphatic heterocycles. The van der Waals surface area contributed by atoms with Crippen molar-refractivity contribution >= 4 is 0 Å². The van der Waals surface area contributed by atoms with Gasteiger partial charge >= 0.3 is 0 Å². The number of phenols is 1. The minimum absolute atomic E-state index is 0.0798. The zero-order valence-electron chi connectivity index (χ0n) is 22.2. The van der Waals surface area contributed by atoms with Crippen LogP contribution in [0.1, 0.15) is 28.1 Å². The zero-order valence-corrected chi connectivity index (χ0v) is 22.2. The lowest BCUT2D eigenvalue weighted by molar-refractivity contribution is 0.477. The quantitative estimate of drug-likeness (QED) is 0.240. The highest BCUT2D eigenvalue weighted by molar-refractivity contribution is 5.69. The third-order valence-corrected chi connectivity index (χ3v) is 7.58. The molecule has 0 saturated heterocycles. The van der Waals surface area contributed by atoms with Gasteiger partial charge in [0.15, 0.2) is 0 Å². The van der Waals surface area contributed by atoms with E-state index in [1.807, 2.05) is 36.7 Å². The van der Waals surface area contributed by atoms with Crippen LogP contribution in [0.4, 0.5) is 0 Å². The van der Waals surface area contributed by atoms with Crippen molar-refractivity contribution in [2.75, 3.05) is 0 Å². The molecule has 0 spiro atoms. The highest BCUT2D eigenvalue weighted by Gasteiger charge is 2.39. The van der Waals surface area contributed by atoms with Gasteiger partial charge in [-0.1, -0.05) is 109 Å². The summed E-state index contributed by atoms with van der Waals surface area (Å²) in [4.78, 5) is 18.4. The fraction of sp³-hybridized carbons (Fsp3) is 0.0857. The first-order valence-corrected chi connectivity index (χ1v) is 13.3. The number of pyridine rings is 1. The molecule has 0 amide bonds. The molecule has 0 unspecified atom stereocenters. The molecule has 0 fully saturated rings. The molecule has 0 aliphatic carbocycles. The predicted molar refractivity (Wildman–Crippen MR) is 158 cm³/mol. The highest BCUT2D eigenvalue weighted by Crippen LogP contribution is 2.42. The number of hydrogen-bond acceptors (Lipinski definition) is 3. The van der Waals surface area contributed by atoms with Gasteiger partial charge in [0.25, 0.3) is 5.56 Å². The van der Waals surface area contributed by atoms with Crippen LogP contribution < -0.4 is 5.56 Å². The molecule has 2 heterocycles. The van der Waals surface area contributed by atoms with E-state index in [9.17, 15) is 9.90 Å². The van der Waals surface area contributed by atoms with E-state index < -0.39 is 5.54 Å². The molecule has 5 nitrogen and oxygen atoms in total. The average Bonchev–Trinajstić information content (AvgIpc) is 3.36. The SMILES string of the molecule is Cc1c(Cn2cccc(-c3ccccc3O)c2=O)ncn1C(c1ccccc1)(c1ccccc1)c1ccccc1. The van der Waals surface area contributed by atoms with Crippen molar-refractivity contribution in [3.63, 3.8) is 0 Å². The van der Waals surface area contributed by atoms with Crippen LogP contribution in [-0.4, -0.2) is 19.2 Å². The maximum Gasteiger partial charge on any atom is 0.258 e. The smallest absolute Gasteiger partial charge is 0.258 e. The van der Waals surface area contributed by atoms with Gasteiger partial charge < -0.3 is 14.2 Å². The number of imidazole rings is 1. The Kier molecular flexibility index (Phi) is 6.62. The van der Waals surface area contributed by atoms with Crippen LogP contribution in [-0.2, 0) is 12.1 Å². The van der Waals surface area contributed by atoms with E-state index in [0.29, 0.717) is 17.7 Å². The lowest BCUT2D eigenvalue weighted by Gasteiger charge is -2.38. The molecule has 0 radical (unpaired) electrons. The summed E-state index contributed by atoms with van der Waals surface area (Å²) in [5.41, 5.74) is 5.18. The Morgan fingerprint density at radius 1 is 0.675 bits per heavy atom. The van der Waals surface area contributed by atoms with Gasteiger partial charge in [0.1, 0.15) is 11.3 Å². The fourth-order valence-corrected chi connectivity index (χ4v) is 5.62. The molecule has 0 bridgehead atoms. The minimum atomic E-state index is -0.679. The number of para-hydroxylation sites is 1. The standard InChI is InChI=1S/C35H29N3O2/c1-26-32(24-37-23-13-21-31(34(37)40)30-20-11-12-22-33(30)39)36-25-38(26)35(27-14-5-2-6-15-27,28-16-7-3-8-17-28)29-18-9-4-10-19-29/h2-23,25,39H,24H2,1H3. The second kappa shape index (κ2) is 10.5. The maximum absolute atomic E-state index is 13.5. The monoisotopic (exact) mass is 523 g/mol. The van der Waals surface area contributed by atoms with Gasteiger partial charge in [0, 0.05) is 17.5 Å². The topological polar surface area (TPSA) is 60.1 Å². The number of aromatic hydroxyl groups is 1. The van der Waals surface area contributed by atoms with Crippen LogP contribution in [0, 0.1) is 6.92 Å². The fourth-order valence-electron chi connectivity index (χ4n) is 5.62. The molecule has 1 N–H and O–H groups in total. The second-order valence-electron chi connectivity index (χ2n) is 9.83. The number of hydrogen-bond donors (Lipinski definition) is 1. The van der Waals surface area contributed by atoms with Crippen LogP contribution in [0.25, 0.3) is 11.1 Å². The molecule has 40 heavy (non-hydrogen) atoms. The number of benzene rings is 4. The van der Waals surface area contributed by atoms with Crippen molar-refractivity contribution in [1.29, 1.82) is 0 Å². The lowest BCUT2D eigenvalue weighted by Crippen LogP contribution is -2.38. The van der Waals surface area contributed by atoms with E-state index >= 15 is 0 Å². The zero-order chi connectivity index (χ0) is 27.5. The summed E-state index contributed by atoms with van der Waals surface area (Å²) in [5, 5.41) is 10.4. The molecule has 0 aliphatic rings. The highest BCUT2D eigenvalue weighted by atomic mass is 16.3. The Morgan fingerprint density at radius 3 is 1.73 bits per heavy atom. The first-order valence-electron chi connectivity index (χ1n) is 13.3. The number of phenolic OH excluding ortho intramolecular Hbond substituents is 1. The van der Waals surface area contributed by atoms with Gasteiger partial charge in [-0.15, -0.1) is 0 Å². The molecule has 5 heteroatoms. The van der Waals surface area contributed by atoms with E-state index in [1.165, 1.54) is 0 Å². The number of nitrogens with zero attached hydrogens (tertiary/aromatic N) is 3. The van der Waals surface area contributed by atoms with Crippen LogP contribution in [0.15, 0.2) is 145 Å². The van der Waals surface area contributed by atoms with Gasteiger partial charge in [-0.3, -0.25) is 4.79 Å². The third kappa shape index (κ3) is 4.22. The van der Waals surface area contributed by atoms with Crippen molar-refractivity contribution in [2.24, 2.45) is 0 Å². The Labute approximate surface area is 233 Å². The van der Waals surface area contributed by atoms with Crippen LogP contribution >= 0.6 is 0 Å². The van der Waals surface area contributed by atoms with Crippen molar-refractivity contribution in [3.05, 3.63) is 178 Å². The van der Waals surface area contributed by atoms with E-state index in [1.54, 1.807) is 35.0 Å². The lowest BCUT2D eigenvalue weighted by atomic mass is 9.76. The third-order valence-electron chi connectivity index (χ3n) is 7.58. The first kappa shape index (κ1) is 25.1. The van der Waals surface area contributed by atoms with Crippen LogP contribution in [0.3, 0.4) is 0 Å². The summed E-state index contributed by atoms with van der Waals surface area (Å²) < 4.78 is 3.87. The molecule has 6 rings (SSSR count). The van der Waals surface area contributed by atoms with Gasteiger partial charge in [-0.25, -0.2) is 4.98 Å². The second-order valence-corrected chi connectivity index (χ2v) is 9.83. The van der Waals surface area contributed by atoms with Crippen molar-refractivity contribution in [1.82, 2.24) is 14.1 Å². The Hall–Kier alpha value is -5.16. The Morgan fingerprint density at radius 2 is 1.18 bits per heavy atom. The summed E-state index contributed by atoms with van der Waals surface area (Å²) >= 11 is 0. The van der Waals surface area contributed by atoms with E-state index in [4.69, 9.17) is 4.98 Å². The van der Waals surface area contributed by atoms with Gasteiger partial charge in [-0.2, -0.15) is 0 Å². The molecule has 0 saturated carbocycles. The number of rotatable bonds is 7. The molecule has 0 atom stereocenters. The Balaban J connectivity index is 1.52. The summed E-state index contributed by atoms with van der Waals surface area (Å²) in [6.07, 6.45) is 3.65. The van der Waals surface area contributed by atoms with E-state index in [-0.39, 0.29) is 11.3 Å². The number of aromatic nitrogens is 3. The molecule has 4 aromatic carbocycles. The summed E-state index contributed by atoms with van der Waals surface area (Å²) in [6.45, 7) is 2.36. The largest absolute Gasteiger partial charge is 0.507 e. The molecule has 6 aromatic rings. The molecule has 2 aromatic heterocycles.